The van der Waals surface area contributed by atoms with Crippen molar-refractivity contribution in [3.05, 3.63) is 17.8 Å². The van der Waals surface area contributed by atoms with Crippen LogP contribution in [0.2, 0.25) is 0 Å². The molecule has 0 unspecified atom stereocenters. The van der Waals surface area contributed by atoms with Crippen LogP contribution in [0.4, 0.5) is 11.5 Å². The summed E-state index contributed by atoms with van der Waals surface area (Å²) >= 11 is 0. The van der Waals surface area contributed by atoms with Crippen LogP contribution < -0.4 is 16.4 Å². The number of hydrogen-bond donors (Lipinski definition) is 3. The third-order valence-corrected chi connectivity index (χ3v) is 2.35. The highest BCUT2D eigenvalue weighted by atomic mass is 16.4. The molecule has 0 radical (unpaired) electrons. The zero-order valence-electron chi connectivity index (χ0n) is 10.3. The highest BCUT2D eigenvalue weighted by molar-refractivity contribution is 5.87. The highest BCUT2D eigenvalue weighted by Gasteiger charge is 2.19. The molecule has 0 bridgehead atoms. The van der Waals surface area contributed by atoms with E-state index in [9.17, 15) is 9.59 Å². The number of aromatic nitrogens is 1. The second kappa shape index (κ2) is 5.35. The van der Waals surface area contributed by atoms with Crippen molar-refractivity contribution >= 4 is 23.4 Å². The van der Waals surface area contributed by atoms with Crippen LogP contribution in [0.15, 0.2) is 12.1 Å². The quantitative estimate of drug-likeness (QED) is 0.681. The van der Waals surface area contributed by atoms with E-state index in [1.165, 1.54) is 12.1 Å². The lowest BCUT2D eigenvalue weighted by Crippen LogP contribution is -2.39. The van der Waals surface area contributed by atoms with Crippen LogP contribution in [0.1, 0.15) is 24.3 Å². The Morgan fingerprint density at radius 1 is 1.44 bits per heavy atom. The fraction of sp³-hybridized carbons (Fsp3) is 0.364. The molecule has 18 heavy (non-hydrogen) atoms. The molecule has 0 atom stereocenters. The van der Waals surface area contributed by atoms with Gasteiger partial charge in [0.15, 0.2) is 11.5 Å². The first-order valence-electron chi connectivity index (χ1n) is 5.37. The van der Waals surface area contributed by atoms with Gasteiger partial charge in [-0.05, 0) is 26.0 Å². The van der Waals surface area contributed by atoms with Gasteiger partial charge in [0.05, 0.1) is 12.2 Å². The maximum atomic E-state index is 11.0. The first kappa shape index (κ1) is 13.8. The van der Waals surface area contributed by atoms with Crippen molar-refractivity contribution in [2.45, 2.75) is 19.9 Å². The predicted molar refractivity (Wildman–Crippen MR) is 67.3 cm³/mol. The molecule has 7 nitrogen and oxygen atoms in total. The van der Waals surface area contributed by atoms with Gasteiger partial charge < -0.3 is 21.5 Å². The molecule has 7 heteroatoms. The van der Waals surface area contributed by atoms with Gasteiger partial charge in [-0.2, -0.15) is 0 Å². The Balaban J connectivity index is 3.21. The van der Waals surface area contributed by atoms with E-state index < -0.39 is 11.9 Å². The molecule has 1 aromatic heterocycles. The summed E-state index contributed by atoms with van der Waals surface area (Å²) in [6.07, 6.45) is 0. The fourth-order valence-electron chi connectivity index (χ4n) is 1.48. The summed E-state index contributed by atoms with van der Waals surface area (Å²) in [5.41, 5.74) is 11.1. The summed E-state index contributed by atoms with van der Waals surface area (Å²) in [5.74, 6) is -1.44. The predicted octanol–water partition coefficient (Wildman–Crippen LogP) is 0.0621. The van der Waals surface area contributed by atoms with E-state index in [0.29, 0.717) is 5.69 Å². The number of nitrogens with two attached hydrogens (primary N) is 2. The molecule has 1 heterocycles. The Hall–Kier alpha value is -2.31. The molecule has 0 saturated heterocycles. The average Bonchev–Trinajstić information content (AvgIpc) is 2.26. The molecule has 1 rings (SSSR count). The zero-order valence-corrected chi connectivity index (χ0v) is 10.3. The van der Waals surface area contributed by atoms with Crippen LogP contribution in [0.25, 0.3) is 0 Å². The summed E-state index contributed by atoms with van der Waals surface area (Å²) in [4.78, 5) is 27.4. The Bertz CT molecular complexity index is 473. The van der Waals surface area contributed by atoms with Crippen LogP contribution >= 0.6 is 0 Å². The highest BCUT2D eigenvalue weighted by Crippen LogP contribution is 2.22. The van der Waals surface area contributed by atoms with Crippen LogP contribution in [0.5, 0.6) is 0 Å². The van der Waals surface area contributed by atoms with Gasteiger partial charge in [-0.1, -0.05) is 0 Å². The minimum absolute atomic E-state index is 0.0715. The number of primary amides is 1. The molecule has 0 saturated carbocycles. The van der Waals surface area contributed by atoms with Crippen molar-refractivity contribution < 1.29 is 14.7 Å². The molecule has 0 aliphatic carbocycles. The maximum absolute atomic E-state index is 11.0. The second-order valence-electron chi connectivity index (χ2n) is 4.10. The monoisotopic (exact) mass is 252 g/mol. The lowest BCUT2D eigenvalue weighted by Gasteiger charge is -2.27. The lowest BCUT2D eigenvalue weighted by atomic mass is 10.2. The van der Waals surface area contributed by atoms with Gasteiger partial charge in [0, 0.05) is 6.04 Å². The molecule has 5 N–H and O–H groups in total. The molecule has 0 spiro atoms. The van der Waals surface area contributed by atoms with Crippen LogP contribution in [-0.2, 0) is 4.79 Å². The molecular weight excluding hydrogens is 236 g/mol. The SMILES string of the molecule is CC(C)N(CC(N)=O)c1nc(C(=O)O)ccc1N. The maximum Gasteiger partial charge on any atom is 0.354 e. The zero-order chi connectivity index (χ0) is 13.9. The molecule has 98 valence electrons. The van der Waals surface area contributed by atoms with E-state index in [1.807, 2.05) is 13.8 Å². The van der Waals surface area contributed by atoms with E-state index >= 15 is 0 Å². The molecule has 1 aromatic rings. The first-order valence-corrected chi connectivity index (χ1v) is 5.37. The van der Waals surface area contributed by atoms with Gasteiger partial charge in [0.1, 0.15) is 0 Å². The number of anilines is 2. The van der Waals surface area contributed by atoms with Crippen molar-refractivity contribution in [2.75, 3.05) is 17.2 Å². The number of aromatic carboxylic acids is 1. The second-order valence-corrected chi connectivity index (χ2v) is 4.10. The minimum atomic E-state index is -1.15. The van der Waals surface area contributed by atoms with E-state index in [2.05, 4.69) is 4.98 Å². The van der Waals surface area contributed by atoms with Gasteiger partial charge >= 0.3 is 5.97 Å². The summed E-state index contributed by atoms with van der Waals surface area (Å²) < 4.78 is 0. The number of pyridine rings is 1. The number of nitrogen functional groups attached to an aromatic ring is 1. The standard InChI is InChI=1S/C11H16N4O3/c1-6(2)15(5-9(13)16)10-7(12)3-4-8(14-10)11(17)18/h3-4,6H,5,12H2,1-2H3,(H2,13,16)(H,17,18). The molecule has 1 amide bonds. The number of nitrogens with zero attached hydrogens (tertiary/aromatic N) is 2. The fourth-order valence-corrected chi connectivity index (χ4v) is 1.48. The van der Waals surface area contributed by atoms with Gasteiger partial charge in [-0.15, -0.1) is 0 Å². The minimum Gasteiger partial charge on any atom is -0.477 e. The number of carboxylic acids is 1. The number of amides is 1. The van der Waals surface area contributed by atoms with Crippen molar-refractivity contribution in [3.8, 4) is 0 Å². The first-order chi connectivity index (χ1) is 8.32. The Morgan fingerprint density at radius 3 is 2.50 bits per heavy atom. The lowest BCUT2D eigenvalue weighted by molar-refractivity contribution is -0.116. The van der Waals surface area contributed by atoms with Gasteiger partial charge in [0.2, 0.25) is 5.91 Å². The molecule has 0 fully saturated rings. The molecular formula is C11H16N4O3. The molecule has 0 aliphatic rings. The summed E-state index contributed by atoms with van der Waals surface area (Å²) in [6.45, 7) is 3.59. The Morgan fingerprint density at radius 2 is 2.06 bits per heavy atom. The van der Waals surface area contributed by atoms with Crippen molar-refractivity contribution in [3.63, 3.8) is 0 Å². The third kappa shape index (κ3) is 3.09. The van der Waals surface area contributed by atoms with Gasteiger partial charge in [-0.25, -0.2) is 9.78 Å². The Kier molecular flexibility index (Phi) is 4.09. The normalized spacial score (nSPS) is 10.4. The smallest absolute Gasteiger partial charge is 0.354 e. The molecule has 0 aliphatic heterocycles. The summed E-state index contributed by atoms with van der Waals surface area (Å²) in [6, 6.07) is 2.67. The number of rotatable bonds is 5. The summed E-state index contributed by atoms with van der Waals surface area (Å²) in [5, 5.41) is 8.89. The number of carboxylic acid groups (broad SMARTS) is 1. The molecule has 0 aromatic carbocycles. The number of carbonyl (C=O) groups excluding carboxylic acids is 1. The van der Waals surface area contributed by atoms with Crippen LogP contribution in [0.3, 0.4) is 0 Å². The number of carbonyl (C=O) groups is 2. The van der Waals surface area contributed by atoms with Gasteiger partial charge in [-0.3, -0.25) is 4.79 Å². The van der Waals surface area contributed by atoms with Crippen molar-refractivity contribution in [1.29, 1.82) is 0 Å². The van der Waals surface area contributed by atoms with Crippen molar-refractivity contribution in [2.24, 2.45) is 5.73 Å². The van der Waals surface area contributed by atoms with Crippen LogP contribution in [-0.4, -0.2) is 34.6 Å². The largest absolute Gasteiger partial charge is 0.477 e. The number of hydrogen-bond acceptors (Lipinski definition) is 5. The van der Waals surface area contributed by atoms with E-state index in [1.54, 1.807) is 4.90 Å². The van der Waals surface area contributed by atoms with Crippen LogP contribution in [0, 0.1) is 0 Å². The Labute approximate surface area is 104 Å². The van der Waals surface area contributed by atoms with Gasteiger partial charge in [0.25, 0.3) is 0 Å². The van der Waals surface area contributed by atoms with E-state index in [4.69, 9.17) is 16.6 Å². The van der Waals surface area contributed by atoms with Crippen molar-refractivity contribution in [1.82, 2.24) is 4.98 Å². The summed E-state index contributed by atoms with van der Waals surface area (Å²) in [7, 11) is 0. The third-order valence-electron chi connectivity index (χ3n) is 2.35. The van der Waals surface area contributed by atoms with E-state index in [-0.39, 0.29) is 24.1 Å². The van der Waals surface area contributed by atoms with E-state index in [0.717, 1.165) is 0 Å². The average molecular weight is 252 g/mol. The topological polar surface area (TPSA) is 123 Å².